The summed E-state index contributed by atoms with van der Waals surface area (Å²) in [6.45, 7) is 11.8. The van der Waals surface area contributed by atoms with Crippen LogP contribution in [-0.4, -0.2) is 22.6 Å². The number of aromatic hydroxyl groups is 1. The summed E-state index contributed by atoms with van der Waals surface area (Å²) in [6, 6.07) is 8.06. The van der Waals surface area contributed by atoms with Crippen molar-refractivity contribution in [1.82, 2.24) is 0 Å². The fraction of sp³-hybridized carbons (Fsp3) is 0.500. The van der Waals surface area contributed by atoms with Crippen LogP contribution in [0, 0.1) is 6.92 Å². The molecule has 0 aliphatic carbocycles. The molecule has 124 valence electrons. The van der Waals surface area contributed by atoms with Crippen molar-refractivity contribution in [3.8, 4) is 5.75 Å². The minimum Gasteiger partial charge on any atom is -0.507 e. The molecule has 1 aliphatic heterocycles. The molecule has 1 heterocycles. The largest absolute Gasteiger partial charge is 0.507 e. The van der Waals surface area contributed by atoms with E-state index in [9.17, 15) is 5.11 Å². The first-order valence-electron chi connectivity index (χ1n) is 8.42. The Morgan fingerprint density at radius 2 is 2.04 bits per heavy atom. The molecule has 3 rings (SSSR count). The maximum atomic E-state index is 10.6. The van der Waals surface area contributed by atoms with Crippen LogP contribution in [0.4, 0.5) is 5.69 Å². The highest BCUT2D eigenvalue weighted by molar-refractivity contribution is 6.21. The molecule has 23 heavy (non-hydrogen) atoms. The Balaban J connectivity index is 2.35. The minimum absolute atomic E-state index is 0.00332. The van der Waals surface area contributed by atoms with Crippen molar-refractivity contribution >= 4 is 28.1 Å². The maximum absolute atomic E-state index is 10.6. The quantitative estimate of drug-likeness (QED) is 0.727. The number of halogens is 1. The average Bonchev–Trinajstić information content (AvgIpc) is 2.86. The normalized spacial score (nSPS) is 19.2. The number of benzene rings is 2. The molecule has 0 bridgehead atoms. The monoisotopic (exact) mass is 331 g/mol. The van der Waals surface area contributed by atoms with E-state index in [1.807, 2.05) is 18.2 Å². The lowest BCUT2D eigenvalue weighted by molar-refractivity contribution is 0.478. The predicted molar refractivity (Wildman–Crippen MR) is 100 cm³/mol. The molecule has 1 aliphatic rings. The number of fused-ring (bicyclic) bond motifs is 3. The first-order valence-corrected chi connectivity index (χ1v) is 8.86. The number of anilines is 1. The molecule has 2 aromatic carbocycles. The summed E-state index contributed by atoms with van der Waals surface area (Å²) in [5.41, 5.74) is 3.65. The SMILES string of the molecule is CCC(Cl)C1CN(C(C)(C)C)c2cc(O)c3cccc(C)c3c21. The first-order chi connectivity index (χ1) is 10.8. The summed E-state index contributed by atoms with van der Waals surface area (Å²) in [5, 5.41) is 12.8. The summed E-state index contributed by atoms with van der Waals surface area (Å²) < 4.78 is 0. The number of alkyl halides is 1. The number of hydrogen-bond acceptors (Lipinski definition) is 2. The molecule has 2 unspecified atom stereocenters. The highest BCUT2D eigenvalue weighted by atomic mass is 35.5. The van der Waals surface area contributed by atoms with Crippen molar-refractivity contribution in [2.45, 2.75) is 57.9 Å². The number of hydrogen-bond donors (Lipinski definition) is 1. The van der Waals surface area contributed by atoms with Crippen molar-refractivity contribution in [2.24, 2.45) is 0 Å². The molecular formula is C20H26ClNO. The van der Waals surface area contributed by atoms with Gasteiger partial charge in [0.1, 0.15) is 5.75 Å². The van der Waals surface area contributed by atoms with Crippen molar-refractivity contribution in [2.75, 3.05) is 11.4 Å². The molecule has 0 saturated heterocycles. The van der Waals surface area contributed by atoms with Gasteiger partial charge < -0.3 is 10.0 Å². The lowest BCUT2D eigenvalue weighted by Gasteiger charge is -2.35. The van der Waals surface area contributed by atoms with Crippen molar-refractivity contribution in [1.29, 1.82) is 0 Å². The molecule has 2 aromatic rings. The van der Waals surface area contributed by atoms with Gasteiger partial charge in [-0.3, -0.25) is 0 Å². The summed E-state index contributed by atoms with van der Waals surface area (Å²) in [5.74, 6) is 0.653. The summed E-state index contributed by atoms with van der Waals surface area (Å²) >= 11 is 6.72. The summed E-state index contributed by atoms with van der Waals surface area (Å²) in [6.07, 6.45) is 0.942. The molecular weight excluding hydrogens is 306 g/mol. The number of aryl methyl sites for hydroxylation is 1. The lowest BCUT2D eigenvalue weighted by Crippen LogP contribution is -2.41. The summed E-state index contributed by atoms with van der Waals surface area (Å²) in [7, 11) is 0. The Kier molecular flexibility index (Phi) is 4.00. The van der Waals surface area contributed by atoms with Crippen LogP contribution < -0.4 is 4.90 Å². The average molecular weight is 332 g/mol. The van der Waals surface area contributed by atoms with E-state index in [0.29, 0.717) is 11.7 Å². The second-order valence-electron chi connectivity index (χ2n) is 7.64. The van der Waals surface area contributed by atoms with E-state index in [4.69, 9.17) is 11.6 Å². The van der Waals surface area contributed by atoms with Crippen LogP contribution in [0.15, 0.2) is 24.3 Å². The van der Waals surface area contributed by atoms with E-state index in [-0.39, 0.29) is 10.9 Å². The van der Waals surface area contributed by atoms with E-state index < -0.39 is 0 Å². The molecule has 0 amide bonds. The third-order valence-electron chi connectivity index (χ3n) is 5.04. The van der Waals surface area contributed by atoms with E-state index in [1.165, 1.54) is 16.5 Å². The third-order valence-corrected chi connectivity index (χ3v) is 5.66. The zero-order valence-electron chi connectivity index (χ0n) is 14.7. The van der Waals surface area contributed by atoms with Gasteiger partial charge in [0.05, 0.1) is 0 Å². The minimum atomic E-state index is -0.00332. The Bertz CT molecular complexity index is 747. The zero-order chi connectivity index (χ0) is 16.9. The summed E-state index contributed by atoms with van der Waals surface area (Å²) in [4.78, 5) is 2.39. The molecule has 2 atom stereocenters. The van der Waals surface area contributed by atoms with Gasteiger partial charge in [-0.05, 0) is 50.6 Å². The number of rotatable bonds is 2. The predicted octanol–water partition coefficient (Wildman–Crippen LogP) is 5.57. The van der Waals surface area contributed by atoms with Gasteiger partial charge in [0.15, 0.2) is 0 Å². The van der Waals surface area contributed by atoms with Gasteiger partial charge in [0.2, 0.25) is 0 Å². The molecule has 0 spiro atoms. The second-order valence-corrected chi connectivity index (χ2v) is 8.20. The Morgan fingerprint density at radius 1 is 1.35 bits per heavy atom. The van der Waals surface area contributed by atoms with Gasteiger partial charge >= 0.3 is 0 Å². The zero-order valence-corrected chi connectivity index (χ0v) is 15.4. The van der Waals surface area contributed by atoms with Crippen molar-refractivity contribution in [3.63, 3.8) is 0 Å². The highest BCUT2D eigenvalue weighted by Crippen LogP contribution is 2.50. The van der Waals surface area contributed by atoms with Gasteiger partial charge in [-0.25, -0.2) is 0 Å². The second kappa shape index (κ2) is 5.59. The van der Waals surface area contributed by atoms with Crippen LogP contribution in [0.2, 0.25) is 0 Å². The topological polar surface area (TPSA) is 23.5 Å². The van der Waals surface area contributed by atoms with Gasteiger partial charge in [0.25, 0.3) is 0 Å². The van der Waals surface area contributed by atoms with Crippen LogP contribution >= 0.6 is 11.6 Å². The van der Waals surface area contributed by atoms with Crippen molar-refractivity contribution < 1.29 is 5.11 Å². The molecule has 0 fully saturated rings. The lowest BCUT2D eigenvalue weighted by atomic mass is 9.89. The van der Waals surface area contributed by atoms with E-state index >= 15 is 0 Å². The fourth-order valence-electron chi connectivity index (χ4n) is 3.85. The molecule has 1 N–H and O–H groups in total. The van der Waals surface area contributed by atoms with Gasteiger partial charge in [-0.2, -0.15) is 0 Å². The maximum Gasteiger partial charge on any atom is 0.125 e. The Labute approximate surface area is 144 Å². The van der Waals surface area contributed by atoms with Gasteiger partial charge in [-0.15, -0.1) is 11.6 Å². The van der Waals surface area contributed by atoms with Gasteiger partial charge in [-0.1, -0.05) is 25.1 Å². The Hall–Kier alpha value is -1.41. The molecule has 0 saturated carbocycles. The molecule has 2 nitrogen and oxygen atoms in total. The van der Waals surface area contributed by atoms with Crippen molar-refractivity contribution in [3.05, 3.63) is 35.4 Å². The van der Waals surface area contributed by atoms with Gasteiger partial charge in [0, 0.05) is 40.5 Å². The number of phenolic OH excluding ortho intramolecular Hbond substituents is 1. The van der Waals surface area contributed by atoms with E-state index in [1.54, 1.807) is 0 Å². The standard InChI is InChI=1S/C20H26ClNO/c1-6-15(21)14-11-22(20(3,4)5)16-10-17(23)13-9-7-8-12(2)18(13)19(14)16/h7-10,14-15,23H,6,11H2,1-5H3. The number of nitrogens with zero attached hydrogens (tertiary/aromatic N) is 1. The number of phenols is 1. The smallest absolute Gasteiger partial charge is 0.125 e. The van der Waals surface area contributed by atoms with Crippen LogP contribution in [0.5, 0.6) is 5.75 Å². The fourth-order valence-corrected chi connectivity index (χ4v) is 4.06. The van der Waals surface area contributed by atoms with Crippen LogP contribution in [-0.2, 0) is 0 Å². The van der Waals surface area contributed by atoms with Crippen LogP contribution in [0.1, 0.15) is 51.2 Å². The van der Waals surface area contributed by atoms with E-state index in [0.717, 1.165) is 24.0 Å². The molecule has 0 radical (unpaired) electrons. The third kappa shape index (κ3) is 2.57. The molecule has 0 aromatic heterocycles. The van der Waals surface area contributed by atoms with Crippen LogP contribution in [0.25, 0.3) is 10.8 Å². The first kappa shape index (κ1) is 16.4. The molecule has 3 heteroatoms. The van der Waals surface area contributed by atoms with E-state index in [2.05, 4.69) is 45.6 Å². The van der Waals surface area contributed by atoms with Crippen LogP contribution in [0.3, 0.4) is 0 Å². The Morgan fingerprint density at radius 3 is 2.65 bits per heavy atom. The highest BCUT2D eigenvalue weighted by Gasteiger charge is 2.39.